The van der Waals surface area contributed by atoms with Crippen LogP contribution in [-0.4, -0.2) is 32.5 Å². The summed E-state index contributed by atoms with van der Waals surface area (Å²) < 4.78 is 2.01. The van der Waals surface area contributed by atoms with Crippen molar-refractivity contribution in [3.63, 3.8) is 0 Å². The van der Waals surface area contributed by atoms with Gasteiger partial charge in [-0.05, 0) is 23.3 Å². The number of hydrogen-bond acceptors (Lipinski definition) is 4. The number of aryl methyl sites for hydroxylation is 1. The van der Waals surface area contributed by atoms with Crippen molar-refractivity contribution in [2.24, 2.45) is 12.5 Å². The fourth-order valence-electron chi connectivity index (χ4n) is 3.42. The van der Waals surface area contributed by atoms with Crippen LogP contribution >= 0.6 is 0 Å². The summed E-state index contributed by atoms with van der Waals surface area (Å²) in [6, 6.07) is 10.3. The maximum atomic E-state index is 12.2. The Hall–Kier alpha value is -3.35. The van der Waals surface area contributed by atoms with E-state index in [0.29, 0.717) is 6.54 Å². The molecule has 0 bridgehead atoms. The molecular weight excluding hydrogens is 364 g/mol. The molecule has 3 aromatic heterocycles. The van der Waals surface area contributed by atoms with E-state index in [2.05, 4.69) is 38.8 Å². The molecule has 0 atom stereocenters. The number of hydrogen-bond donors (Lipinski definition) is 3. The van der Waals surface area contributed by atoms with Crippen molar-refractivity contribution < 1.29 is 4.79 Å². The van der Waals surface area contributed by atoms with Gasteiger partial charge in [0, 0.05) is 37.1 Å². The zero-order valence-corrected chi connectivity index (χ0v) is 17.4. The van der Waals surface area contributed by atoms with E-state index in [4.69, 9.17) is 4.98 Å². The molecule has 7 heteroatoms. The minimum Gasteiger partial charge on any atom is -0.371 e. The smallest absolute Gasteiger partial charge is 0.225 e. The van der Waals surface area contributed by atoms with Crippen LogP contribution in [0.5, 0.6) is 0 Å². The van der Waals surface area contributed by atoms with Gasteiger partial charge in [0.05, 0.1) is 11.8 Å². The molecule has 150 valence electrons. The first kappa shape index (κ1) is 19.0. The monoisotopic (exact) mass is 390 g/mol. The number of benzene rings is 1. The molecule has 3 N–H and O–H groups in total. The number of fused-ring (bicyclic) bond motifs is 3. The summed E-state index contributed by atoms with van der Waals surface area (Å²) in [6.07, 6.45) is 1.80. The van der Waals surface area contributed by atoms with Crippen molar-refractivity contribution in [3.8, 4) is 11.3 Å². The van der Waals surface area contributed by atoms with Gasteiger partial charge in [0.15, 0.2) is 5.82 Å². The molecule has 4 rings (SSSR count). The molecule has 0 aliphatic carbocycles. The maximum absolute atomic E-state index is 12.2. The molecule has 1 aromatic carbocycles. The number of amides is 1. The zero-order valence-electron chi connectivity index (χ0n) is 17.4. The summed E-state index contributed by atoms with van der Waals surface area (Å²) in [5.41, 5.74) is 5.38. The van der Waals surface area contributed by atoms with Crippen molar-refractivity contribution >= 4 is 33.8 Å². The number of pyridine rings is 1. The lowest BCUT2D eigenvalue weighted by molar-refractivity contribution is -0.128. The Morgan fingerprint density at radius 3 is 2.76 bits per heavy atom. The largest absolute Gasteiger partial charge is 0.371 e. The summed E-state index contributed by atoms with van der Waals surface area (Å²) in [5, 5.41) is 7.16. The van der Waals surface area contributed by atoms with Crippen molar-refractivity contribution in [2.75, 3.05) is 12.4 Å². The molecule has 0 unspecified atom stereocenters. The first-order valence-corrected chi connectivity index (χ1v) is 9.67. The molecule has 0 aliphatic rings. The van der Waals surface area contributed by atoms with Crippen LogP contribution in [0.15, 0.2) is 36.7 Å². The van der Waals surface area contributed by atoms with Gasteiger partial charge in [-0.2, -0.15) is 0 Å². The molecule has 29 heavy (non-hydrogen) atoms. The summed E-state index contributed by atoms with van der Waals surface area (Å²) >= 11 is 0. The second-order valence-corrected chi connectivity index (χ2v) is 8.34. The van der Waals surface area contributed by atoms with Crippen molar-refractivity contribution in [1.82, 2.24) is 24.8 Å². The van der Waals surface area contributed by atoms with Gasteiger partial charge in [0.1, 0.15) is 11.2 Å². The Kier molecular flexibility index (Phi) is 4.53. The Morgan fingerprint density at radius 2 is 2.03 bits per heavy atom. The van der Waals surface area contributed by atoms with Crippen LogP contribution in [0.25, 0.3) is 33.3 Å². The van der Waals surface area contributed by atoms with E-state index in [-0.39, 0.29) is 5.91 Å². The number of carbonyl (C=O) groups is 1. The summed E-state index contributed by atoms with van der Waals surface area (Å²) in [5.74, 6) is 0.788. The molecule has 0 radical (unpaired) electrons. The molecule has 4 aromatic rings. The van der Waals surface area contributed by atoms with E-state index in [9.17, 15) is 4.79 Å². The van der Waals surface area contributed by atoms with Gasteiger partial charge >= 0.3 is 0 Å². The van der Waals surface area contributed by atoms with E-state index < -0.39 is 5.41 Å². The molecular formula is C22H26N6O. The van der Waals surface area contributed by atoms with Crippen molar-refractivity contribution in [2.45, 2.75) is 27.3 Å². The van der Waals surface area contributed by atoms with Crippen molar-refractivity contribution in [3.05, 3.63) is 42.2 Å². The van der Waals surface area contributed by atoms with E-state index in [1.807, 2.05) is 51.6 Å². The van der Waals surface area contributed by atoms with Gasteiger partial charge in [-0.15, -0.1) is 0 Å². The van der Waals surface area contributed by atoms with Crippen LogP contribution in [0.2, 0.25) is 0 Å². The standard InChI is InChI=1S/C22H26N6O/c1-22(2,3)21(29)24-11-13-7-6-8-14(9-13)16-10-15-18-17(25-12-28(18)5)20(23-4)27-19(15)26-16/h6-10,12H,11H2,1-5H3,(H,24,29)(H2,23,26,27). The molecule has 1 amide bonds. The Labute approximate surface area is 169 Å². The topological polar surface area (TPSA) is 87.6 Å². The van der Waals surface area contributed by atoms with Crippen LogP contribution in [0.3, 0.4) is 0 Å². The van der Waals surface area contributed by atoms with Crippen LogP contribution in [-0.2, 0) is 18.4 Å². The van der Waals surface area contributed by atoms with Crippen LogP contribution in [0.1, 0.15) is 26.3 Å². The van der Waals surface area contributed by atoms with Crippen LogP contribution in [0.4, 0.5) is 5.82 Å². The third kappa shape index (κ3) is 3.44. The van der Waals surface area contributed by atoms with Gasteiger partial charge in [-0.1, -0.05) is 39.0 Å². The van der Waals surface area contributed by atoms with E-state index in [1.165, 1.54) is 0 Å². The highest BCUT2D eigenvalue weighted by Gasteiger charge is 2.20. The Balaban J connectivity index is 1.71. The van der Waals surface area contributed by atoms with Gasteiger partial charge < -0.3 is 20.2 Å². The van der Waals surface area contributed by atoms with Gasteiger partial charge in [-0.3, -0.25) is 4.79 Å². The SMILES string of the molecule is CNc1nc2[nH]c(-c3cccc(CNC(=O)C(C)(C)C)c3)cc2c2c1ncn2C. The lowest BCUT2D eigenvalue weighted by Crippen LogP contribution is -2.34. The lowest BCUT2D eigenvalue weighted by Gasteiger charge is -2.17. The predicted octanol–water partition coefficient (Wildman–Crippen LogP) is 3.82. The molecule has 0 saturated carbocycles. The highest BCUT2D eigenvalue weighted by molar-refractivity contribution is 6.07. The van der Waals surface area contributed by atoms with Gasteiger partial charge in [0.2, 0.25) is 5.91 Å². The van der Waals surface area contributed by atoms with E-state index in [1.54, 1.807) is 6.33 Å². The number of nitrogens with one attached hydrogen (secondary N) is 3. The van der Waals surface area contributed by atoms with Gasteiger partial charge in [-0.25, -0.2) is 9.97 Å². The molecule has 7 nitrogen and oxygen atoms in total. The number of aromatic amines is 1. The number of rotatable bonds is 4. The average molecular weight is 390 g/mol. The van der Waals surface area contributed by atoms with Crippen LogP contribution in [0, 0.1) is 5.41 Å². The lowest BCUT2D eigenvalue weighted by atomic mass is 9.95. The summed E-state index contributed by atoms with van der Waals surface area (Å²) in [7, 11) is 3.83. The minimum absolute atomic E-state index is 0.0379. The number of imidazole rings is 1. The minimum atomic E-state index is -0.403. The second kappa shape index (κ2) is 6.92. The number of nitrogens with zero attached hydrogens (tertiary/aromatic N) is 3. The summed E-state index contributed by atoms with van der Waals surface area (Å²) in [6.45, 7) is 6.23. The van der Waals surface area contributed by atoms with Gasteiger partial charge in [0.25, 0.3) is 0 Å². The molecule has 0 saturated heterocycles. The number of carbonyl (C=O) groups excluding carboxylic acids is 1. The molecule has 0 spiro atoms. The Morgan fingerprint density at radius 1 is 1.24 bits per heavy atom. The highest BCUT2D eigenvalue weighted by atomic mass is 16.2. The average Bonchev–Trinajstić information content (AvgIpc) is 3.28. The van der Waals surface area contributed by atoms with E-state index in [0.717, 1.165) is 44.7 Å². The van der Waals surface area contributed by atoms with Crippen molar-refractivity contribution in [1.29, 1.82) is 0 Å². The predicted molar refractivity (Wildman–Crippen MR) is 117 cm³/mol. The third-order valence-electron chi connectivity index (χ3n) is 5.05. The summed E-state index contributed by atoms with van der Waals surface area (Å²) in [4.78, 5) is 24.8. The first-order chi connectivity index (χ1) is 13.8. The first-order valence-electron chi connectivity index (χ1n) is 9.67. The molecule has 3 heterocycles. The Bertz CT molecular complexity index is 1210. The normalized spacial score (nSPS) is 11.9. The second-order valence-electron chi connectivity index (χ2n) is 8.34. The van der Waals surface area contributed by atoms with E-state index >= 15 is 0 Å². The maximum Gasteiger partial charge on any atom is 0.225 e. The fraction of sp³-hybridized carbons (Fsp3) is 0.318. The molecule has 0 fully saturated rings. The number of H-pyrrole nitrogens is 1. The quantitative estimate of drug-likeness (QED) is 0.494. The zero-order chi connectivity index (χ0) is 20.8. The van der Waals surface area contributed by atoms with Crippen LogP contribution < -0.4 is 10.6 Å². The number of aromatic nitrogens is 4. The third-order valence-corrected chi connectivity index (χ3v) is 5.05. The highest BCUT2D eigenvalue weighted by Crippen LogP contribution is 2.31. The number of anilines is 1. The fourth-order valence-corrected chi connectivity index (χ4v) is 3.42. The molecule has 0 aliphatic heterocycles.